The molecule has 0 bridgehead atoms. The van der Waals surface area contributed by atoms with Crippen LogP contribution in [0.15, 0.2) is 65.2 Å². The lowest BCUT2D eigenvalue weighted by Crippen LogP contribution is -2.08. The molecular formula is C19H17N5OS. The van der Waals surface area contributed by atoms with Gasteiger partial charge in [0.2, 0.25) is 11.0 Å². The number of nitrogens with zero attached hydrogens (tertiary/aromatic N) is 4. The summed E-state index contributed by atoms with van der Waals surface area (Å²) in [5.41, 5.74) is 2.13. The predicted molar refractivity (Wildman–Crippen MR) is 101 cm³/mol. The van der Waals surface area contributed by atoms with Crippen molar-refractivity contribution >= 4 is 16.7 Å². The summed E-state index contributed by atoms with van der Waals surface area (Å²) in [4.78, 5) is 9.01. The first kappa shape index (κ1) is 16.4. The Kier molecular flexibility index (Phi) is 4.70. The lowest BCUT2D eigenvalue weighted by molar-refractivity contribution is 0.378. The van der Waals surface area contributed by atoms with Crippen LogP contribution in [0, 0.1) is 0 Å². The van der Waals surface area contributed by atoms with E-state index < -0.39 is 0 Å². The van der Waals surface area contributed by atoms with E-state index in [2.05, 4.69) is 24.8 Å². The second-order valence-corrected chi connectivity index (χ2v) is 6.62. The van der Waals surface area contributed by atoms with Crippen molar-refractivity contribution in [1.82, 2.24) is 19.5 Å². The van der Waals surface area contributed by atoms with E-state index in [0.29, 0.717) is 24.0 Å². The predicted octanol–water partition coefficient (Wildman–Crippen LogP) is 4.35. The van der Waals surface area contributed by atoms with Crippen molar-refractivity contribution < 1.29 is 4.52 Å². The zero-order valence-electron chi connectivity index (χ0n) is 14.2. The summed E-state index contributed by atoms with van der Waals surface area (Å²) in [6, 6.07) is 19.8. The highest BCUT2D eigenvalue weighted by atomic mass is 32.1. The van der Waals surface area contributed by atoms with Gasteiger partial charge in [-0.2, -0.15) is 14.3 Å². The molecule has 1 atom stereocenters. The third-order valence-electron chi connectivity index (χ3n) is 3.87. The summed E-state index contributed by atoms with van der Waals surface area (Å²) in [6.45, 7) is 1.97. The number of hydrogen-bond acceptors (Lipinski definition) is 7. The molecule has 6 nitrogen and oxygen atoms in total. The summed E-state index contributed by atoms with van der Waals surface area (Å²) in [7, 11) is 0. The molecule has 0 radical (unpaired) electrons. The number of hydrogen-bond donors (Lipinski definition) is 1. The highest BCUT2D eigenvalue weighted by molar-refractivity contribution is 7.09. The average Bonchev–Trinajstić information content (AvgIpc) is 3.33. The van der Waals surface area contributed by atoms with Gasteiger partial charge in [0.25, 0.3) is 0 Å². The summed E-state index contributed by atoms with van der Waals surface area (Å²) >= 11 is 1.32. The zero-order valence-corrected chi connectivity index (χ0v) is 15.0. The van der Waals surface area contributed by atoms with Crippen LogP contribution >= 0.6 is 11.5 Å². The fourth-order valence-electron chi connectivity index (χ4n) is 2.52. The molecular weight excluding hydrogens is 346 g/mol. The monoisotopic (exact) mass is 363 g/mol. The van der Waals surface area contributed by atoms with E-state index in [1.165, 1.54) is 11.5 Å². The Balaban J connectivity index is 1.42. The number of rotatable bonds is 6. The molecule has 26 heavy (non-hydrogen) atoms. The smallest absolute Gasteiger partial charge is 0.231 e. The lowest BCUT2D eigenvalue weighted by Gasteiger charge is -2.06. The standard InChI is InChI=1S/C19H17N5OS/c1-13(17-21-16(25-23-17)12-14-8-4-2-5-9-14)20-19-22-18(24-26-19)15-10-6-3-7-11-15/h2-11,13H,12H2,1H3,(H,20,22,24). The third-order valence-corrected chi connectivity index (χ3v) is 4.51. The summed E-state index contributed by atoms with van der Waals surface area (Å²) in [5.74, 6) is 1.91. The van der Waals surface area contributed by atoms with Gasteiger partial charge in [-0.05, 0) is 12.5 Å². The van der Waals surface area contributed by atoms with Crippen molar-refractivity contribution in [2.75, 3.05) is 5.32 Å². The van der Waals surface area contributed by atoms with Gasteiger partial charge in [0.05, 0.1) is 12.5 Å². The minimum atomic E-state index is -0.125. The van der Waals surface area contributed by atoms with Crippen LogP contribution in [0.3, 0.4) is 0 Å². The van der Waals surface area contributed by atoms with Gasteiger partial charge < -0.3 is 9.84 Å². The molecule has 0 aliphatic rings. The van der Waals surface area contributed by atoms with Gasteiger partial charge in [0.1, 0.15) is 0 Å². The maximum Gasteiger partial charge on any atom is 0.231 e. The Morgan fingerprint density at radius 3 is 2.50 bits per heavy atom. The normalized spacial score (nSPS) is 12.0. The minimum absolute atomic E-state index is 0.125. The summed E-state index contributed by atoms with van der Waals surface area (Å²) in [5, 5.41) is 8.09. The van der Waals surface area contributed by atoms with Crippen molar-refractivity contribution in [2.45, 2.75) is 19.4 Å². The van der Waals surface area contributed by atoms with Crippen LogP contribution in [0.4, 0.5) is 5.13 Å². The van der Waals surface area contributed by atoms with Crippen molar-refractivity contribution in [1.29, 1.82) is 0 Å². The van der Waals surface area contributed by atoms with Gasteiger partial charge in [0, 0.05) is 17.1 Å². The molecule has 0 saturated carbocycles. The van der Waals surface area contributed by atoms with Crippen LogP contribution in [0.2, 0.25) is 0 Å². The van der Waals surface area contributed by atoms with Crippen molar-refractivity contribution in [2.24, 2.45) is 0 Å². The second kappa shape index (κ2) is 7.45. The number of nitrogens with one attached hydrogen (secondary N) is 1. The zero-order chi connectivity index (χ0) is 17.8. The molecule has 4 aromatic rings. The largest absolute Gasteiger partial charge is 0.350 e. The van der Waals surface area contributed by atoms with Crippen LogP contribution in [0.25, 0.3) is 11.4 Å². The summed E-state index contributed by atoms with van der Waals surface area (Å²) in [6.07, 6.45) is 0.623. The molecule has 130 valence electrons. The van der Waals surface area contributed by atoms with Crippen LogP contribution in [0.1, 0.15) is 30.2 Å². The number of anilines is 1. The molecule has 1 unspecified atom stereocenters. The summed E-state index contributed by atoms with van der Waals surface area (Å²) < 4.78 is 9.77. The molecule has 0 aliphatic carbocycles. The Morgan fingerprint density at radius 2 is 1.73 bits per heavy atom. The van der Waals surface area contributed by atoms with E-state index in [1.807, 2.05) is 67.6 Å². The van der Waals surface area contributed by atoms with Crippen molar-refractivity contribution in [3.8, 4) is 11.4 Å². The van der Waals surface area contributed by atoms with Crippen LogP contribution in [0.5, 0.6) is 0 Å². The van der Waals surface area contributed by atoms with Gasteiger partial charge in [-0.3, -0.25) is 0 Å². The molecule has 2 aromatic heterocycles. The van der Waals surface area contributed by atoms with E-state index in [0.717, 1.165) is 16.3 Å². The van der Waals surface area contributed by atoms with E-state index in [-0.39, 0.29) is 6.04 Å². The molecule has 7 heteroatoms. The fraction of sp³-hybridized carbons (Fsp3) is 0.158. The number of benzene rings is 2. The molecule has 0 spiro atoms. The fourth-order valence-corrected chi connectivity index (χ4v) is 3.20. The van der Waals surface area contributed by atoms with Crippen molar-refractivity contribution in [3.63, 3.8) is 0 Å². The molecule has 0 amide bonds. The van der Waals surface area contributed by atoms with Gasteiger partial charge in [0.15, 0.2) is 11.6 Å². The lowest BCUT2D eigenvalue weighted by atomic mass is 10.1. The van der Waals surface area contributed by atoms with Crippen LogP contribution in [-0.4, -0.2) is 19.5 Å². The molecule has 0 aliphatic heterocycles. The molecule has 0 saturated heterocycles. The topological polar surface area (TPSA) is 76.7 Å². The Hall–Kier alpha value is -3.06. The highest BCUT2D eigenvalue weighted by Gasteiger charge is 2.16. The van der Waals surface area contributed by atoms with Crippen molar-refractivity contribution in [3.05, 3.63) is 77.9 Å². The SMILES string of the molecule is CC(Nc1nc(-c2ccccc2)ns1)c1noc(Cc2ccccc2)n1. The van der Waals surface area contributed by atoms with E-state index in [9.17, 15) is 0 Å². The van der Waals surface area contributed by atoms with Gasteiger partial charge in [-0.1, -0.05) is 65.8 Å². The molecule has 1 N–H and O–H groups in total. The maximum atomic E-state index is 5.37. The maximum absolute atomic E-state index is 5.37. The number of aromatic nitrogens is 4. The van der Waals surface area contributed by atoms with E-state index in [4.69, 9.17) is 4.52 Å². The van der Waals surface area contributed by atoms with E-state index >= 15 is 0 Å². The van der Waals surface area contributed by atoms with Gasteiger partial charge in [-0.25, -0.2) is 0 Å². The first-order chi connectivity index (χ1) is 12.8. The minimum Gasteiger partial charge on any atom is -0.350 e. The Bertz CT molecular complexity index is 968. The van der Waals surface area contributed by atoms with Gasteiger partial charge >= 0.3 is 0 Å². The Morgan fingerprint density at radius 1 is 1.00 bits per heavy atom. The molecule has 0 fully saturated rings. The molecule has 2 aromatic carbocycles. The second-order valence-electron chi connectivity index (χ2n) is 5.86. The first-order valence-corrected chi connectivity index (χ1v) is 9.07. The van der Waals surface area contributed by atoms with E-state index in [1.54, 1.807) is 0 Å². The quantitative estimate of drug-likeness (QED) is 0.549. The molecule has 2 heterocycles. The average molecular weight is 363 g/mol. The van der Waals surface area contributed by atoms with Crippen LogP contribution < -0.4 is 5.32 Å². The van der Waals surface area contributed by atoms with Crippen LogP contribution in [-0.2, 0) is 6.42 Å². The third kappa shape index (κ3) is 3.78. The van der Waals surface area contributed by atoms with Gasteiger partial charge in [-0.15, -0.1) is 0 Å². The molecule has 4 rings (SSSR count). The Labute approximate surface area is 155 Å². The first-order valence-electron chi connectivity index (χ1n) is 8.30. The highest BCUT2D eigenvalue weighted by Crippen LogP contribution is 2.24.